The number of benzene rings is 1. The molecule has 2 rings (SSSR count). The van der Waals surface area contributed by atoms with E-state index >= 15 is 0 Å². The largest absolute Gasteiger partial charge is 0.445 e. The molecule has 1 aromatic rings. The average Bonchev–Trinajstić information content (AvgIpc) is 2.47. The van der Waals surface area contributed by atoms with Crippen molar-refractivity contribution in [1.82, 2.24) is 10.2 Å². The second-order valence-electron chi connectivity index (χ2n) is 4.00. The van der Waals surface area contributed by atoms with Gasteiger partial charge >= 0.3 is 6.09 Å². The zero-order valence-electron chi connectivity index (χ0n) is 11.1. The molecule has 1 aliphatic rings. The number of nitriles is 1. The molecule has 0 saturated carbocycles. The molecule has 1 aliphatic heterocycles. The molecule has 1 fully saturated rings. The lowest BCUT2D eigenvalue weighted by atomic mass is 10.2. The summed E-state index contributed by atoms with van der Waals surface area (Å²) in [6, 6.07) is 11.5. The molecule has 0 spiro atoms. The first kappa shape index (κ1) is 15.0. The van der Waals surface area contributed by atoms with E-state index in [-0.39, 0.29) is 6.09 Å². The van der Waals surface area contributed by atoms with Gasteiger partial charge in [-0.1, -0.05) is 30.3 Å². The summed E-state index contributed by atoms with van der Waals surface area (Å²) in [7, 11) is 0. The quantitative estimate of drug-likeness (QED) is 0.881. The molecule has 0 radical (unpaired) electrons. The standard InChI is InChI=1S/C12H16N2O2.C2H3N/c15-12(14-8-6-13-7-9-14)16-10-11-4-2-1-3-5-11;1-2-3/h1-5,13H,6-10H2;1H3. The summed E-state index contributed by atoms with van der Waals surface area (Å²) < 4.78 is 5.23. The van der Waals surface area contributed by atoms with E-state index < -0.39 is 0 Å². The van der Waals surface area contributed by atoms with Crippen LogP contribution in [0.5, 0.6) is 0 Å². The van der Waals surface area contributed by atoms with Crippen LogP contribution in [-0.4, -0.2) is 37.2 Å². The molecule has 0 atom stereocenters. The number of amides is 1. The SMILES string of the molecule is CC#N.O=C(OCc1ccccc1)N1CCNCC1. The highest BCUT2D eigenvalue weighted by Crippen LogP contribution is 2.03. The van der Waals surface area contributed by atoms with Crippen LogP contribution in [-0.2, 0) is 11.3 Å². The molecule has 0 bridgehead atoms. The lowest BCUT2D eigenvalue weighted by Gasteiger charge is -2.26. The van der Waals surface area contributed by atoms with Crippen LogP contribution in [0.25, 0.3) is 0 Å². The van der Waals surface area contributed by atoms with Crippen molar-refractivity contribution in [3.63, 3.8) is 0 Å². The van der Waals surface area contributed by atoms with Crippen molar-refractivity contribution in [2.45, 2.75) is 13.5 Å². The molecule has 1 aromatic carbocycles. The molecule has 1 N–H and O–H groups in total. The molecular weight excluding hydrogens is 242 g/mol. The van der Waals surface area contributed by atoms with Crippen molar-refractivity contribution < 1.29 is 9.53 Å². The average molecular weight is 261 g/mol. The fraction of sp³-hybridized carbons (Fsp3) is 0.429. The third-order valence-electron chi connectivity index (χ3n) is 2.58. The predicted molar refractivity (Wildman–Crippen MR) is 72.4 cm³/mol. The number of hydrogen-bond acceptors (Lipinski definition) is 4. The van der Waals surface area contributed by atoms with E-state index in [0.717, 1.165) is 31.7 Å². The second-order valence-corrected chi connectivity index (χ2v) is 4.00. The summed E-state index contributed by atoms with van der Waals surface area (Å²) in [5, 5.41) is 10.5. The van der Waals surface area contributed by atoms with Crippen molar-refractivity contribution >= 4 is 6.09 Å². The molecule has 0 unspecified atom stereocenters. The van der Waals surface area contributed by atoms with Gasteiger partial charge in [-0.15, -0.1) is 0 Å². The Labute approximate surface area is 113 Å². The van der Waals surface area contributed by atoms with Gasteiger partial charge in [-0.25, -0.2) is 4.79 Å². The van der Waals surface area contributed by atoms with Crippen molar-refractivity contribution in [2.24, 2.45) is 0 Å². The van der Waals surface area contributed by atoms with Gasteiger partial charge in [0, 0.05) is 33.1 Å². The molecule has 0 aliphatic carbocycles. The minimum Gasteiger partial charge on any atom is -0.445 e. The monoisotopic (exact) mass is 261 g/mol. The molecule has 0 aromatic heterocycles. The van der Waals surface area contributed by atoms with Crippen LogP contribution < -0.4 is 5.32 Å². The van der Waals surface area contributed by atoms with Crippen LogP contribution in [0, 0.1) is 11.3 Å². The number of nitrogens with one attached hydrogen (secondary N) is 1. The van der Waals surface area contributed by atoms with Gasteiger partial charge in [-0.05, 0) is 5.56 Å². The summed E-state index contributed by atoms with van der Waals surface area (Å²) in [6.07, 6.45) is -0.217. The fourth-order valence-corrected chi connectivity index (χ4v) is 1.66. The zero-order valence-corrected chi connectivity index (χ0v) is 11.1. The van der Waals surface area contributed by atoms with Crippen LogP contribution in [0.2, 0.25) is 0 Å². The number of rotatable bonds is 2. The van der Waals surface area contributed by atoms with E-state index in [2.05, 4.69) is 5.32 Å². The first-order chi connectivity index (χ1) is 9.27. The number of hydrogen-bond donors (Lipinski definition) is 1. The summed E-state index contributed by atoms with van der Waals surface area (Å²) in [5.41, 5.74) is 1.02. The van der Waals surface area contributed by atoms with Crippen LogP contribution in [0.15, 0.2) is 30.3 Å². The Morgan fingerprint density at radius 2 is 1.95 bits per heavy atom. The number of piperazine rings is 1. The molecule has 19 heavy (non-hydrogen) atoms. The van der Waals surface area contributed by atoms with Crippen molar-refractivity contribution in [3.8, 4) is 6.07 Å². The Balaban J connectivity index is 0.000000550. The van der Waals surface area contributed by atoms with Gasteiger partial charge < -0.3 is 15.0 Å². The maximum Gasteiger partial charge on any atom is 0.410 e. The van der Waals surface area contributed by atoms with Gasteiger partial charge in [0.1, 0.15) is 6.61 Å². The van der Waals surface area contributed by atoms with Crippen molar-refractivity contribution in [1.29, 1.82) is 5.26 Å². The molecule has 1 heterocycles. The van der Waals surface area contributed by atoms with E-state index in [0.29, 0.717) is 6.61 Å². The molecule has 5 heteroatoms. The smallest absolute Gasteiger partial charge is 0.410 e. The summed E-state index contributed by atoms with van der Waals surface area (Å²) in [6.45, 7) is 4.94. The first-order valence-electron chi connectivity index (χ1n) is 6.25. The molecular formula is C14H19N3O2. The summed E-state index contributed by atoms with van der Waals surface area (Å²) in [4.78, 5) is 13.4. The van der Waals surface area contributed by atoms with E-state index in [1.54, 1.807) is 11.0 Å². The van der Waals surface area contributed by atoms with Crippen molar-refractivity contribution in [3.05, 3.63) is 35.9 Å². The van der Waals surface area contributed by atoms with Crippen molar-refractivity contribution in [2.75, 3.05) is 26.2 Å². The first-order valence-corrected chi connectivity index (χ1v) is 6.25. The maximum atomic E-state index is 11.6. The van der Waals surface area contributed by atoms with Crippen LogP contribution in [0.3, 0.4) is 0 Å². The highest BCUT2D eigenvalue weighted by molar-refractivity contribution is 5.67. The second kappa shape index (κ2) is 8.95. The predicted octanol–water partition coefficient (Wildman–Crippen LogP) is 1.76. The third kappa shape index (κ3) is 5.89. The molecule has 5 nitrogen and oxygen atoms in total. The lowest BCUT2D eigenvalue weighted by molar-refractivity contribution is 0.0918. The summed E-state index contributed by atoms with van der Waals surface area (Å²) in [5.74, 6) is 0. The highest BCUT2D eigenvalue weighted by Gasteiger charge is 2.16. The van der Waals surface area contributed by atoms with Crippen LogP contribution in [0.4, 0.5) is 4.79 Å². The van der Waals surface area contributed by atoms with Gasteiger partial charge in [-0.3, -0.25) is 0 Å². The maximum absolute atomic E-state index is 11.6. The van der Waals surface area contributed by atoms with Gasteiger partial charge in [0.2, 0.25) is 0 Å². The van der Waals surface area contributed by atoms with Gasteiger partial charge in [0.25, 0.3) is 0 Å². The van der Waals surface area contributed by atoms with Crippen LogP contribution >= 0.6 is 0 Å². The van der Waals surface area contributed by atoms with E-state index in [1.807, 2.05) is 30.3 Å². The van der Waals surface area contributed by atoms with E-state index in [4.69, 9.17) is 10.00 Å². The Bertz CT molecular complexity index is 408. The molecule has 1 amide bonds. The Morgan fingerprint density at radius 3 is 2.53 bits per heavy atom. The minimum absolute atomic E-state index is 0.217. The van der Waals surface area contributed by atoms with Crippen LogP contribution in [0.1, 0.15) is 12.5 Å². The van der Waals surface area contributed by atoms with Gasteiger partial charge in [0.15, 0.2) is 0 Å². The normalized spacial score (nSPS) is 13.8. The number of carbonyl (C=O) groups is 1. The minimum atomic E-state index is -0.217. The number of carbonyl (C=O) groups excluding carboxylic acids is 1. The number of nitrogens with zero attached hydrogens (tertiary/aromatic N) is 2. The third-order valence-corrected chi connectivity index (χ3v) is 2.58. The topological polar surface area (TPSA) is 65.4 Å². The Hall–Kier alpha value is -2.06. The lowest BCUT2D eigenvalue weighted by Crippen LogP contribution is -2.46. The van der Waals surface area contributed by atoms with Gasteiger partial charge in [-0.2, -0.15) is 5.26 Å². The van der Waals surface area contributed by atoms with E-state index in [1.165, 1.54) is 6.92 Å². The Morgan fingerprint density at radius 1 is 1.37 bits per heavy atom. The van der Waals surface area contributed by atoms with E-state index in [9.17, 15) is 4.79 Å². The molecule has 1 saturated heterocycles. The zero-order chi connectivity index (χ0) is 13.9. The Kier molecular flexibility index (Phi) is 7.06. The number of ether oxygens (including phenoxy) is 1. The summed E-state index contributed by atoms with van der Waals surface area (Å²) >= 11 is 0. The molecule has 102 valence electrons. The fourth-order valence-electron chi connectivity index (χ4n) is 1.66. The highest BCUT2D eigenvalue weighted by atomic mass is 16.6. The van der Waals surface area contributed by atoms with Gasteiger partial charge in [0.05, 0.1) is 6.07 Å².